The van der Waals surface area contributed by atoms with Crippen molar-refractivity contribution in [1.29, 1.82) is 0 Å². The van der Waals surface area contributed by atoms with E-state index < -0.39 is 0 Å². The first-order chi connectivity index (χ1) is 6.84. The number of benzene rings is 1. The van der Waals surface area contributed by atoms with Crippen molar-refractivity contribution in [3.63, 3.8) is 0 Å². The maximum Gasteiger partial charge on any atom is 0.130 e. The van der Waals surface area contributed by atoms with Crippen LogP contribution < -0.4 is 5.32 Å². The molecule has 1 aliphatic rings. The van der Waals surface area contributed by atoms with Gasteiger partial charge >= 0.3 is 0 Å². The highest BCUT2D eigenvalue weighted by molar-refractivity contribution is 5.54. The van der Waals surface area contributed by atoms with Gasteiger partial charge in [0.1, 0.15) is 5.82 Å². The number of aromatic nitrogens is 2. The van der Waals surface area contributed by atoms with E-state index in [4.69, 9.17) is 0 Å². The molecule has 0 spiro atoms. The van der Waals surface area contributed by atoms with Crippen molar-refractivity contribution >= 4 is 5.82 Å². The van der Waals surface area contributed by atoms with Gasteiger partial charge in [0, 0.05) is 12.6 Å². The van der Waals surface area contributed by atoms with Crippen LogP contribution >= 0.6 is 0 Å². The van der Waals surface area contributed by atoms with Gasteiger partial charge in [0.05, 0.1) is 11.4 Å². The molecule has 0 saturated carbocycles. The van der Waals surface area contributed by atoms with Crippen LogP contribution in [-0.4, -0.2) is 9.78 Å². The van der Waals surface area contributed by atoms with Crippen LogP contribution in [0, 0.1) is 6.92 Å². The van der Waals surface area contributed by atoms with Crippen LogP contribution in [0.1, 0.15) is 11.3 Å². The molecule has 14 heavy (non-hydrogen) atoms. The SMILES string of the molecule is Cc1cc2n(n1)-c1ccccc1CN2. The van der Waals surface area contributed by atoms with E-state index in [2.05, 4.69) is 34.7 Å². The lowest BCUT2D eigenvalue weighted by Crippen LogP contribution is -2.15. The first-order valence-corrected chi connectivity index (χ1v) is 4.73. The lowest BCUT2D eigenvalue weighted by atomic mass is 10.1. The van der Waals surface area contributed by atoms with Crippen LogP contribution in [0.2, 0.25) is 0 Å². The number of nitrogens with zero attached hydrogens (tertiary/aromatic N) is 2. The van der Waals surface area contributed by atoms with Gasteiger partial charge in [0.15, 0.2) is 0 Å². The summed E-state index contributed by atoms with van der Waals surface area (Å²) in [7, 11) is 0. The number of aryl methyl sites for hydroxylation is 1. The minimum atomic E-state index is 0.890. The summed E-state index contributed by atoms with van der Waals surface area (Å²) in [5.41, 5.74) is 3.53. The zero-order chi connectivity index (χ0) is 9.54. The summed E-state index contributed by atoms with van der Waals surface area (Å²) in [5.74, 6) is 1.08. The number of fused-ring (bicyclic) bond motifs is 3. The van der Waals surface area contributed by atoms with E-state index >= 15 is 0 Å². The van der Waals surface area contributed by atoms with Crippen molar-refractivity contribution in [1.82, 2.24) is 9.78 Å². The van der Waals surface area contributed by atoms with Crippen LogP contribution in [0.15, 0.2) is 30.3 Å². The third-order valence-electron chi connectivity index (χ3n) is 2.51. The molecule has 70 valence electrons. The minimum Gasteiger partial charge on any atom is -0.366 e. The predicted molar refractivity (Wildman–Crippen MR) is 55.6 cm³/mol. The smallest absolute Gasteiger partial charge is 0.130 e. The molecule has 0 atom stereocenters. The van der Waals surface area contributed by atoms with Crippen LogP contribution in [0.3, 0.4) is 0 Å². The fourth-order valence-corrected chi connectivity index (χ4v) is 1.86. The number of rotatable bonds is 0. The summed E-state index contributed by atoms with van der Waals surface area (Å²) in [6.45, 7) is 2.90. The Kier molecular flexibility index (Phi) is 1.42. The van der Waals surface area contributed by atoms with Gasteiger partial charge in [-0.2, -0.15) is 5.10 Å². The van der Waals surface area contributed by atoms with Crippen molar-refractivity contribution in [2.45, 2.75) is 13.5 Å². The fraction of sp³-hybridized carbons (Fsp3) is 0.182. The first kappa shape index (κ1) is 7.62. The van der Waals surface area contributed by atoms with E-state index in [9.17, 15) is 0 Å². The predicted octanol–water partition coefficient (Wildman–Crippen LogP) is 2.11. The van der Waals surface area contributed by atoms with Gasteiger partial charge in [-0.15, -0.1) is 0 Å². The van der Waals surface area contributed by atoms with E-state index in [1.807, 2.05) is 17.7 Å². The summed E-state index contributed by atoms with van der Waals surface area (Å²) < 4.78 is 1.97. The molecule has 2 aromatic rings. The van der Waals surface area contributed by atoms with Crippen molar-refractivity contribution in [2.75, 3.05) is 5.32 Å². The van der Waals surface area contributed by atoms with Crippen molar-refractivity contribution in [2.24, 2.45) is 0 Å². The lowest BCUT2D eigenvalue weighted by Gasteiger charge is -2.18. The molecule has 1 N–H and O–H groups in total. The van der Waals surface area contributed by atoms with Crippen molar-refractivity contribution < 1.29 is 0 Å². The Bertz CT molecular complexity index is 485. The Morgan fingerprint density at radius 1 is 1.36 bits per heavy atom. The largest absolute Gasteiger partial charge is 0.366 e. The Balaban J connectivity index is 2.28. The molecular formula is C11H11N3. The molecule has 0 fully saturated rings. The second-order valence-electron chi connectivity index (χ2n) is 3.57. The van der Waals surface area contributed by atoms with Gasteiger partial charge in [0.2, 0.25) is 0 Å². The molecule has 0 amide bonds. The van der Waals surface area contributed by atoms with E-state index in [1.165, 1.54) is 11.3 Å². The molecule has 0 bridgehead atoms. The summed E-state index contributed by atoms with van der Waals surface area (Å²) in [6, 6.07) is 10.4. The second-order valence-corrected chi connectivity index (χ2v) is 3.57. The van der Waals surface area contributed by atoms with Gasteiger partial charge in [-0.25, -0.2) is 4.68 Å². The summed E-state index contributed by atoms with van der Waals surface area (Å²) >= 11 is 0. The monoisotopic (exact) mass is 185 g/mol. The van der Waals surface area contributed by atoms with E-state index in [1.54, 1.807) is 0 Å². The second kappa shape index (κ2) is 2.61. The highest BCUT2D eigenvalue weighted by atomic mass is 15.3. The highest BCUT2D eigenvalue weighted by Gasteiger charge is 2.15. The van der Waals surface area contributed by atoms with Crippen LogP contribution in [0.25, 0.3) is 5.69 Å². The molecule has 1 aromatic carbocycles. The molecule has 0 saturated heterocycles. The van der Waals surface area contributed by atoms with Gasteiger partial charge in [0.25, 0.3) is 0 Å². The molecular weight excluding hydrogens is 174 g/mol. The van der Waals surface area contributed by atoms with Crippen LogP contribution in [0.5, 0.6) is 0 Å². The molecule has 2 heterocycles. The van der Waals surface area contributed by atoms with Gasteiger partial charge in [-0.1, -0.05) is 18.2 Å². The standard InChI is InChI=1S/C11H11N3/c1-8-6-11-12-7-9-4-2-3-5-10(9)14(11)13-8/h2-6,12H,7H2,1H3. The first-order valence-electron chi connectivity index (χ1n) is 4.73. The Hall–Kier alpha value is -1.77. The average molecular weight is 185 g/mol. The number of nitrogens with one attached hydrogen (secondary N) is 1. The normalized spacial score (nSPS) is 12.9. The summed E-state index contributed by atoms with van der Waals surface area (Å²) in [4.78, 5) is 0. The highest BCUT2D eigenvalue weighted by Crippen LogP contribution is 2.25. The Labute approximate surface area is 82.4 Å². The number of hydrogen-bond acceptors (Lipinski definition) is 2. The Morgan fingerprint density at radius 3 is 3.14 bits per heavy atom. The van der Waals surface area contributed by atoms with Gasteiger partial charge < -0.3 is 5.32 Å². The van der Waals surface area contributed by atoms with Gasteiger partial charge in [-0.3, -0.25) is 0 Å². The Morgan fingerprint density at radius 2 is 2.21 bits per heavy atom. The van der Waals surface area contributed by atoms with Crippen LogP contribution in [0.4, 0.5) is 5.82 Å². The van der Waals surface area contributed by atoms with E-state index in [-0.39, 0.29) is 0 Å². The maximum atomic E-state index is 4.45. The molecule has 0 radical (unpaired) electrons. The zero-order valence-corrected chi connectivity index (χ0v) is 7.99. The number of anilines is 1. The van der Waals surface area contributed by atoms with Crippen LogP contribution in [-0.2, 0) is 6.54 Å². The minimum absolute atomic E-state index is 0.890. The average Bonchev–Trinajstić information content (AvgIpc) is 2.59. The van der Waals surface area contributed by atoms with Crippen molar-refractivity contribution in [3.8, 4) is 5.69 Å². The van der Waals surface area contributed by atoms with Crippen molar-refractivity contribution in [3.05, 3.63) is 41.6 Å². The van der Waals surface area contributed by atoms with Gasteiger partial charge in [-0.05, 0) is 18.6 Å². The molecule has 3 heteroatoms. The lowest BCUT2D eigenvalue weighted by molar-refractivity contribution is 0.822. The molecule has 3 rings (SSSR count). The maximum absolute atomic E-state index is 4.45. The van der Waals surface area contributed by atoms with E-state index in [0.29, 0.717) is 0 Å². The summed E-state index contributed by atoms with van der Waals surface area (Å²) in [6.07, 6.45) is 0. The zero-order valence-electron chi connectivity index (χ0n) is 7.99. The fourth-order valence-electron chi connectivity index (χ4n) is 1.86. The summed E-state index contributed by atoms with van der Waals surface area (Å²) in [5, 5.41) is 7.79. The molecule has 0 aliphatic carbocycles. The molecule has 0 unspecified atom stereocenters. The quantitative estimate of drug-likeness (QED) is 0.681. The third kappa shape index (κ3) is 0.954. The molecule has 3 nitrogen and oxygen atoms in total. The molecule has 1 aromatic heterocycles. The third-order valence-corrected chi connectivity index (χ3v) is 2.51. The van der Waals surface area contributed by atoms with E-state index in [0.717, 1.165) is 18.1 Å². The molecule has 1 aliphatic heterocycles. The number of para-hydroxylation sites is 1. The topological polar surface area (TPSA) is 29.9 Å². The number of hydrogen-bond donors (Lipinski definition) is 1.